The first-order valence-corrected chi connectivity index (χ1v) is 10.8. The first-order chi connectivity index (χ1) is 12.1. The van der Waals surface area contributed by atoms with E-state index in [0.717, 1.165) is 24.2 Å². The summed E-state index contributed by atoms with van der Waals surface area (Å²) in [5, 5.41) is 0. The van der Waals surface area contributed by atoms with Gasteiger partial charge >= 0.3 is 5.97 Å². The van der Waals surface area contributed by atoms with Crippen LogP contribution in [0.5, 0.6) is 0 Å². The van der Waals surface area contributed by atoms with Gasteiger partial charge in [0.1, 0.15) is 5.60 Å². The summed E-state index contributed by atoms with van der Waals surface area (Å²) in [5.74, 6) is -0.234. The van der Waals surface area contributed by atoms with E-state index >= 15 is 0 Å². The Labute approximate surface area is 156 Å². The van der Waals surface area contributed by atoms with E-state index in [2.05, 4.69) is 0 Å². The summed E-state index contributed by atoms with van der Waals surface area (Å²) in [7, 11) is -3.46. The third-order valence-electron chi connectivity index (χ3n) is 4.95. The number of nitrogens with zero attached hydrogens (tertiary/aromatic N) is 1. The van der Waals surface area contributed by atoms with Gasteiger partial charge < -0.3 is 9.64 Å². The molecule has 1 aromatic carbocycles. The molecule has 0 unspecified atom stereocenters. The normalized spacial score (nSPS) is 19.3. The zero-order valence-corrected chi connectivity index (χ0v) is 16.7. The van der Waals surface area contributed by atoms with Crippen LogP contribution in [0.2, 0.25) is 0 Å². The number of piperazine rings is 1. The van der Waals surface area contributed by atoms with E-state index in [1.807, 2.05) is 32.9 Å². The van der Waals surface area contributed by atoms with Crippen LogP contribution in [0.25, 0.3) is 0 Å². The van der Waals surface area contributed by atoms with Crippen molar-refractivity contribution in [1.82, 2.24) is 4.31 Å². The Kier molecular flexibility index (Phi) is 5.42. The second-order valence-corrected chi connectivity index (χ2v) is 10.1. The molecule has 0 radical (unpaired) electrons. The van der Waals surface area contributed by atoms with Gasteiger partial charge in [-0.1, -0.05) is 6.07 Å². The third kappa shape index (κ3) is 4.45. The van der Waals surface area contributed by atoms with Crippen molar-refractivity contribution in [2.75, 3.05) is 32.7 Å². The lowest BCUT2D eigenvalue weighted by atomic mass is 10.1. The van der Waals surface area contributed by atoms with E-state index in [-0.39, 0.29) is 12.5 Å². The fourth-order valence-electron chi connectivity index (χ4n) is 3.66. The maximum Gasteiger partial charge on any atom is 0.362 e. The van der Waals surface area contributed by atoms with Gasteiger partial charge in [-0.05, 0) is 63.3 Å². The number of carbonyl (C=O) groups is 1. The molecule has 0 aromatic heterocycles. The lowest BCUT2D eigenvalue weighted by Crippen LogP contribution is -3.15. The highest BCUT2D eigenvalue weighted by Gasteiger charge is 2.32. The van der Waals surface area contributed by atoms with Gasteiger partial charge in [0.25, 0.3) is 0 Å². The SMILES string of the molecule is CC(C)(C)OC(=O)C[NH+]1CCN(S(=O)(=O)c2ccc3c(c2)CCC3)CC1. The molecule has 2 aliphatic rings. The predicted molar refractivity (Wildman–Crippen MR) is 98.6 cm³/mol. The lowest BCUT2D eigenvalue weighted by molar-refractivity contribution is -0.896. The molecule has 7 heteroatoms. The third-order valence-corrected chi connectivity index (χ3v) is 6.85. The van der Waals surface area contributed by atoms with Crippen LogP contribution < -0.4 is 4.90 Å². The minimum absolute atomic E-state index is 0.234. The largest absolute Gasteiger partial charge is 0.456 e. The fourth-order valence-corrected chi connectivity index (χ4v) is 5.15. The number of sulfonamides is 1. The van der Waals surface area contributed by atoms with Crippen LogP contribution in [-0.4, -0.2) is 57.0 Å². The minimum Gasteiger partial charge on any atom is -0.456 e. The van der Waals surface area contributed by atoms with Crippen LogP contribution in [0.4, 0.5) is 0 Å². The fraction of sp³-hybridized carbons (Fsp3) is 0.632. The number of carbonyl (C=O) groups excluding carboxylic acids is 1. The number of hydrogen-bond acceptors (Lipinski definition) is 4. The second kappa shape index (κ2) is 7.29. The van der Waals surface area contributed by atoms with Crippen molar-refractivity contribution >= 4 is 16.0 Å². The Balaban J connectivity index is 1.59. The molecule has 0 bridgehead atoms. The highest BCUT2D eigenvalue weighted by molar-refractivity contribution is 7.89. The summed E-state index contributed by atoms with van der Waals surface area (Å²) in [4.78, 5) is 13.4. The molecule has 0 saturated carbocycles. The summed E-state index contributed by atoms with van der Waals surface area (Å²) >= 11 is 0. The van der Waals surface area contributed by atoms with E-state index < -0.39 is 15.6 Å². The van der Waals surface area contributed by atoms with Gasteiger partial charge in [0.2, 0.25) is 10.0 Å². The molecule has 144 valence electrons. The molecule has 1 N–H and O–H groups in total. The molecule has 1 aliphatic carbocycles. The zero-order chi connectivity index (χ0) is 18.9. The molecule has 26 heavy (non-hydrogen) atoms. The maximum atomic E-state index is 12.9. The highest BCUT2D eigenvalue weighted by atomic mass is 32.2. The van der Waals surface area contributed by atoms with Crippen molar-refractivity contribution in [2.24, 2.45) is 0 Å². The molecular formula is C19H29N2O4S+. The number of fused-ring (bicyclic) bond motifs is 1. The van der Waals surface area contributed by atoms with E-state index in [9.17, 15) is 13.2 Å². The van der Waals surface area contributed by atoms with Gasteiger partial charge in [-0.25, -0.2) is 13.2 Å². The molecular weight excluding hydrogens is 352 g/mol. The molecule has 1 saturated heterocycles. The molecule has 1 aliphatic heterocycles. The summed E-state index contributed by atoms with van der Waals surface area (Å²) in [6.07, 6.45) is 3.11. The molecule has 0 atom stereocenters. The topological polar surface area (TPSA) is 68.1 Å². The number of aryl methyl sites for hydroxylation is 2. The standard InChI is InChI=1S/C19H28N2O4S/c1-19(2,3)25-18(22)14-20-9-11-21(12-10-20)26(23,24)17-8-7-15-5-4-6-16(15)13-17/h7-8,13H,4-6,9-12,14H2,1-3H3/p+1. The summed E-state index contributed by atoms with van der Waals surface area (Å²) < 4.78 is 32.8. The highest BCUT2D eigenvalue weighted by Crippen LogP contribution is 2.26. The molecule has 1 aromatic rings. The minimum atomic E-state index is -3.46. The number of nitrogens with one attached hydrogen (secondary N) is 1. The number of ether oxygens (including phenoxy) is 1. The van der Waals surface area contributed by atoms with Gasteiger partial charge in [-0.3, -0.25) is 0 Å². The van der Waals surface area contributed by atoms with Crippen molar-refractivity contribution < 1.29 is 22.8 Å². The molecule has 1 fully saturated rings. The quantitative estimate of drug-likeness (QED) is 0.767. The first-order valence-electron chi connectivity index (χ1n) is 9.32. The number of hydrogen-bond donors (Lipinski definition) is 1. The summed E-state index contributed by atoms with van der Waals surface area (Å²) in [6, 6.07) is 5.54. The van der Waals surface area contributed by atoms with Crippen LogP contribution in [0.15, 0.2) is 23.1 Å². The van der Waals surface area contributed by atoms with Crippen molar-refractivity contribution in [3.05, 3.63) is 29.3 Å². The predicted octanol–water partition coefficient (Wildman–Crippen LogP) is 0.406. The Morgan fingerprint density at radius 2 is 1.81 bits per heavy atom. The smallest absolute Gasteiger partial charge is 0.362 e. The summed E-state index contributed by atoms with van der Waals surface area (Å²) in [5.41, 5.74) is 1.95. The van der Waals surface area contributed by atoms with E-state index in [1.54, 1.807) is 10.4 Å². The van der Waals surface area contributed by atoms with Crippen LogP contribution in [0.1, 0.15) is 38.3 Å². The van der Waals surface area contributed by atoms with Crippen LogP contribution in [0, 0.1) is 0 Å². The van der Waals surface area contributed by atoms with Gasteiger partial charge in [0.05, 0.1) is 31.1 Å². The van der Waals surface area contributed by atoms with Crippen molar-refractivity contribution in [1.29, 1.82) is 0 Å². The number of esters is 1. The van der Waals surface area contributed by atoms with E-state index in [0.29, 0.717) is 31.1 Å². The molecule has 6 nitrogen and oxygen atoms in total. The molecule has 3 rings (SSSR count). The number of quaternary nitrogens is 1. The zero-order valence-electron chi connectivity index (χ0n) is 15.9. The Morgan fingerprint density at radius 3 is 2.46 bits per heavy atom. The van der Waals surface area contributed by atoms with Crippen molar-refractivity contribution in [3.8, 4) is 0 Å². The monoisotopic (exact) mass is 381 g/mol. The molecule has 0 spiro atoms. The Morgan fingerprint density at radius 1 is 1.15 bits per heavy atom. The number of benzene rings is 1. The van der Waals surface area contributed by atoms with Crippen LogP contribution in [0.3, 0.4) is 0 Å². The lowest BCUT2D eigenvalue weighted by Gasteiger charge is -2.31. The maximum absolute atomic E-state index is 12.9. The average Bonchev–Trinajstić information content (AvgIpc) is 3.01. The van der Waals surface area contributed by atoms with E-state index in [1.165, 1.54) is 11.1 Å². The summed E-state index contributed by atoms with van der Waals surface area (Å²) in [6.45, 7) is 7.91. The second-order valence-electron chi connectivity index (χ2n) is 8.20. The van der Waals surface area contributed by atoms with Gasteiger partial charge in [0.15, 0.2) is 6.54 Å². The van der Waals surface area contributed by atoms with Gasteiger partial charge in [-0.15, -0.1) is 0 Å². The van der Waals surface area contributed by atoms with Crippen molar-refractivity contribution in [2.45, 2.75) is 50.5 Å². The molecule has 0 amide bonds. The van der Waals surface area contributed by atoms with Crippen LogP contribution >= 0.6 is 0 Å². The van der Waals surface area contributed by atoms with Crippen LogP contribution in [-0.2, 0) is 32.4 Å². The van der Waals surface area contributed by atoms with Gasteiger partial charge in [-0.2, -0.15) is 4.31 Å². The Bertz CT molecular complexity index is 775. The van der Waals surface area contributed by atoms with Gasteiger partial charge in [0, 0.05) is 0 Å². The first kappa shape index (κ1) is 19.3. The van der Waals surface area contributed by atoms with E-state index in [4.69, 9.17) is 4.74 Å². The Hall–Kier alpha value is -1.44. The average molecular weight is 382 g/mol. The molecule has 1 heterocycles. The van der Waals surface area contributed by atoms with Crippen molar-refractivity contribution in [3.63, 3.8) is 0 Å². The number of rotatable bonds is 4.